The minimum Gasteiger partial charge on any atom is -0.495 e. The number of ether oxygens (including phenoxy) is 2. The number of nitrogens with zero attached hydrogens (tertiary/aromatic N) is 1. The summed E-state index contributed by atoms with van der Waals surface area (Å²) >= 11 is 0. The Hall–Kier alpha value is -1.42. The molecule has 1 fully saturated rings. The summed E-state index contributed by atoms with van der Waals surface area (Å²) in [6, 6.07) is 5.88. The summed E-state index contributed by atoms with van der Waals surface area (Å²) in [6.07, 6.45) is 1.04. The van der Waals surface area contributed by atoms with E-state index in [9.17, 15) is 0 Å². The van der Waals surface area contributed by atoms with Crippen molar-refractivity contribution < 1.29 is 9.47 Å². The fourth-order valence-electron chi connectivity index (χ4n) is 1.97. The zero-order valence-corrected chi connectivity index (χ0v) is 9.61. The first-order chi connectivity index (χ1) is 7.83. The third-order valence-corrected chi connectivity index (χ3v) is 2.83. The minimum absolute atomic E-state index is 0.715. The largest absolute Gasteiger partial charge is 0.495 e. The van der Waals surface area contributed by atoms with E-state index in [1.165, 1.54) is 0 Å². The lowest BCUT2D eigenvalue weighted by Gasteiger charge is -2.24. The molecule has 1 aromatic carbocycles. The molecule has 4 heteroatoms. The highest BCUT2D eigenvalue weighted by atomic mass is 16.5. The molecule has 1 aliphatic heterocycles. The molecular weight excluding hydrogens is 204 g/mol. The number of hydrogen-bond donors (Lipinski definition) is 1. The molecule has 1 saturated heterocycles. The molecule has 0 radical (unpaired) electrons. The van der Waals surface area contributed by atoms with Crippen molar-refractivity contribution in [2.24, 2.45) is 0 Å². The van der Waals surface area contributed by atoms with Crippen LogP contribution in [-0.4, -0.2) is 33.4 Å². The molecule has 0 amide bonds. The topological polar surface area (TPSA) is 47.7 Å². The molecule has 0 atom stereocenters. The predicted octanol–water partition coefficient (Wildman–Crippen LogP) is 1.50. The average molecular weight is 222 g/mol. The molecule has 1 aliphatic rings. The third kappa shape index (κ3) is 2.22. The van der Waals surface area contributed by atoms with E-state index in [0.29, 0.717) is 5.69 Å². The van der Waals surface area contributed by atoms with Gasteiger partial charge in [0.25, 0.3) is 0 Å². The van der Waals surface area contributed by atoms with E-state index in [2.05, 4.69) is 4.90 Å². The summed E-state index contributed by atoms with van der Waals surface area (Å²) in [7, 11) is 1.64. The van der Waals surface area contributed by atoms with Crippen molar-refractivity contribution in [1.82, 2.24) is 0 Å². The second-order valence-corrected chi connectivity index (χ2v) is 3.85. The molecule has 1 aromatic rings. The lowest BCUT2D eigenvalue weighted by Crippen LogP contribution is -2.26. The van der Waals surface area contributed by atoms with E-state index < -0.39 is 0 Å². The first-order valence-electron chi connectivity index (χ1n) is 5.58. The van der Waals surface area contributed by atoms with Crippen LogP contribution >= 0.6 is 0 Å². The van der Waals surface area contributed by atoms with Crippen molar-refractivity contribution in [1.29, 1.82) is 0 Å². The van der Waals surface area contributed by atoms with Crippen LogP contribution in [0.4, 0.5) is 11.4 Å². The van der Waals surface area contributed by atoms with Crippen LogP contribution in [0.1, 0.15) is 6.42 Å². The maximum atomic E-state index is 6.07. The molecule has 0 aliphatic carbocycles. The lowest BCUT2D eigenvalue weighted by atomic mass is 10.2. The van der Waals surface area contributed by atoms with E-state index in [1.807, 2.05) is 18.2 Å². The van der Waals surface area contributed by atoms with Gasteiger partial charge in [0.05, 0.1) is 25.1 Å². The van der Waals surface area contributed by atoms with Gasteiger partial charge in [-0.2, -0.15) is 0 Å². The lowest BCUT2D eigenvalue weighted by molar-refractivity contribution is 0.152. The van der Waals surface area contributed by atoms with E-state index in [0.717, 1.165) is 44.2 Å². The Labute approximate surface area is 95.9 Å². The summed E-state index contributed by atoms with van der Waals surface area (Å²) in [4.78, 5) is 2.25. The minimum atomic E-state index is 0.715. The van der Waals surface area contributed by atoms with Crippen LogP contribution in [0.3, 0.4) is 0 Å². The Kier molecular flexibility index (Phi) is 3.51. The molecule has 88 valence electrons. The number of benzene rings is 1. The number of hydrogen-bond acceptors (Lipinski definition) is 4. The molecule has 0 spiro atoms. The van der Waals surface area contributed by atoms with E-state index in [-0.39, 0.29) is 0 Å². The first kappa shape index (κ1) is 11.1. The molecule has 0 aromatic heterocycles. The third-order valence-electron chi connectivity index (χ3n) is 2.83. The number of methoxy groups -OCH3 is 1. The van der Waals surface area contributed by atoms with Crippen molar-refractivity contribution >= 4 is 11.4 Å². The van der Waals surface area contributed by atoms with Crippen LogP contribution in [0.5, 0.6) is 5.75 Å². The Morgan fingerprint density at radius 1 is 1.31 bits per heavy atom. The Balaban J connectivity index is 2.24. The second-order valence-electron chi connectivity index (χ2n) is 3.85. The molecule has 0 bridgehead atoms. The number of rotatable bonds is 2. The van der Waals surface area contributed by atoms with Crippen LogP contribution in [-0.2, 0) is 4.74 Å². The second kappa shape index (κ2) is 5.07. The Morgan fingerprint density at radius 2 is 2.19 bits per heavy atom. The fraction of sp³-hybridized carbons (Fsp3) is 0.500. The molecule has 0 unspecified atom stereocenters. The predicted molar refractivity (Wildman–Crippen MR) is 65.1 cm³/mol. The normalized spacial score (nSPS) is 16.9. The SMILES string of the molecule is COc1cccc(N2CCCOCC2)c1N. The first-order valence-corrected chi connectivity index (χ1v) is 5.58. The van der Waals surface area contributed by atoms with E-state index >= 15 is 0 Å². The van der Waals surface area contributed by atoms with Gasteiger partial charge in [0.2, 0.25) is 0 Å². The van der Waals surface area contributed by atoms with Gasteiger partial charge in [-0.3, -0.25) is 0 Å². The Morgan fingerprint density at radius 3 is 3.00 bits per heavy atom. The summed E-state index contributed by atoms with van der Waals surface area (Å²) in [6.45, 7) is 3.46. The number of nitrogen functional groups attached to an aromatic ring is 1. The monoisotopic (exact) mass is 222 g/mol. The van der Waals surface area contributed by atoms with Crippen LogP contribution in [0.15, 0.2) is 18.2 Å². The summed E-state index contributed by atoms with van der Waals surface area (Å²) in [5, 5.41) is 0. The molecule has 16 heavy (non-hydrogen) atoms. The van der Waals surface area contributed by atoms with Gasteiger partial charge < -0.3 is 20.1 Å². The van der Waals surface area contributed by atoms with Crippen LogP contribution in [0.25, 0.3) is 0 Å². The maximum Gasteiger partial charge on any atom is 0.143 e. The average Bonchev–Trinajstić information content (AvgIpc) is 2.58. The summed E-state index contributed by atoms with van der Waals surface area (Å²) in [5.41, 5.74) is 7.83. The van der Waals surface area contributed by atoms with Gasteiger partial charge in [-0.15, -0.1) is 0 Å². The Bertz CT molecular complexity index is 347. The standard InChI is InChI=1S/C12H18N2O2/c1-15-11-5-2-4-10(12(11)13)14-6-3-8-16-9-7-14/h2,4-5H,3,6-9,13H2,1H3. The number of nitrogens with two attached hydrogens (primary N) is 1. The highest BCUT2D eigenvalue weighted by Gasteiger charge is 2.14. The van der Waals surface area contributed by atoms with Gasteiger partial charge in [0.15, 0.2) is 0 Å². The van der Waals surface area contributed by atoms with Crippen LogP contribution in [0, 0.1) is 0 Å². The quantitative estimate of drug-likeness (QED) is 0.770. The summed E-state index contributed by atoms with van der Waals surface area (Å²) in [5.74, 6) is 0.739. The van der Waals surface area contributed by atoms with Crippen molar-refractivity contribution in [2.45, 2.75) is 6.42 Å². The van der Waals surface area contributed by atoms with Gasteiger partial charge in [0, 0.05) is 19.7 Å². The molecule has 2 rings (SSSR count). The highest BCUT2D eigenvalue weighted by molar-refractivity contribution is 5.74. The fourth-order valence-corrected chi connectivity index (χ4v) is 1.97. The number of anilines is 2. The number of para-hydroxylation sites is 1. The summed E-state index contributed by atoms with van der Waals surface area (Å²) < 4.78 is 10.7. The highest BCUT2D eigenvalue weighted by Crippen LogP contribution is 2.32. The smallest absolute Gasteiger partial charge is 0.143 e. The molecule has 2 N–H and O–H groups in total. The van der Waals surface area contributed by atoms with Gasteiger partial charge in [-0.05, 0) is 18.6 Å². The van der Waals surface area contributed by atoms with Gasteiger partial charge in [-0.25, -0.2) is 0 Å². The van der Waals surface area contributed by atoms with E-state index in [4.69, 9.17) is 15.2 Å². The molecular formula is C12H18N2O2. The van der Waals surface area contributed by atoms with Crippen molar-refractivity contribution in [3.63, 3.8) is 0 Å². The van der Waals surface area contributed by atoms with Gasteiger partial charge >= 0.3 is 0 Å². The zero-order valence-electron chi connectivity index (χ0n) is 9.61. The van der Waals surface area contributed by atoms with Crippen molar-refractivity contribution in [3.05, 3.63) is 18.2 Å². The zero-order chi connectivity index (χ0) is 11.4. The maximum absolute atomic E-state index is 6.07. The van der Waals surface area contributed by atoms with Crippen molar-refractivity contribution in [2.75, 3.05) is 44.0 Å². The molecule has 1 heterocycles. The van der Waals surface area contributed by atoms with Crippen LogP contribution < -0.4 is 15.4 Å². The van der Waals surface area contributed by atoms with Crippen molar-refractivity contribution in [3.8, 4) is 5.75 Å². The van der Waals surface area contributed by atoms with Gasteiger partial charge in [-0.1, -0.05) is 6.07 Å². The molecule has 0 saturated carbocycles. The van der Waals surface area contributed by atoms with Crippen LogP contribution in [0.2, 0.25) is 0 Å². The van der Waals surface area contributed by atoms with E-state index in [1.54, 1.807) is 7.11 Å². The van der Waals surface area contributed by atoms with Gasteiger partial charge in [0.1, 0.15) is 5.75 Å². The molecule has 4 nitrogen and oxygen atoms in total.